The van der Waals surface area contributed by atoms with Crippen LogP contribution in [0, 0.1) is 11.6 Å². The van der Waals surface area contributed by atoms with Crippen molar-refractivity contribution in [2.75, 3.05) is 13.7 Å². The van der Waals surface area contributed by atoms with E-state index in [0.717, 1.165) is 11.1 Å². The molecule has 0 saturated carbocycles. The topological polar surface area (TPSA) is 92.6 Å². The molecule has 1 aromatic heterocycles. The second kappa shape index (κ2) is 10.5. The van der Waals surface area contributed by atoms with Crippen LogP contribution in [0.3, 0.4) is 0 Å². The minimum atomic E-state index is -2.27. The van der Waals surface area contributed by atoms with Crippen molar-refractivity contribution in [1.82, 2.24) is 10.1 Å². The van der Waals surface area contributed by atoms with Crippen LogP contribution in [0.4, 0.5) is 8.78 Å². The summed E-state index contributed by atoms with van der Waals surface area (Å²) in [5, 5.41) is 2.25. The van der Waals surface area contributed by atoms with Gasteiger partial charge in [0.25, 0.3) is 5.56 Å². The number of amides is 1. The van der Waals surface area contributed by atoms with E-state index in [0.29, 0.717) is 18.6 Å². The van der Waals surface area contributed by atoms with Gasteiger partial charge in [-0.15, -0.1) is 0 Å². The highest BCUT2D eigenvalue weighted by atomic mass is 28.3. The smallest absolute Gasteiger partial charge is 0.280 e. The Morgan fingerprint density at radius 2 is 1.78 bits per heavy atom. The van der Waals surface area contributed by atoms with Crippen LogP contribution in [-0.2, 0) is 40.2 Å². The minimum absolute atomic E-state index is 0.0992. The average Bonchev–Trinajstić information content (AvgIpc) is 3.21. The van der Waals surface area contributed by atoms with Crippen molar-refractivity contribution in [3.05, 3.63) is 86.4 Å². The molecule has 0 radical (unpaired) electrons. The molecule has 1 aliphatic heterocycles. The van der Waals surface area contributed by atoms with E-state index in [9.17, 15) is 23.2 Å². The summed E-state index contributed by atoms with van der Waals surface area (Å²) < 4.78 is 40.0. The number of aromatic amines is 1. The van der Waals surface area contributed by atoms with Crippen LogP contribution in [0.25, 0.3) is 0 Å². The normalized spacial score (nSPS) is 15.5. The number of hydrogen-bond donors (Lipinski definition) is 1. The Bertz CT molecular complexity index is 1370. The summed E-state index contributed by atoms with van der Waals surface area (Å²) >= 11 is 0. The molecule has 2 aromatic carbocycles. The van der Waals surface area contributed by atoms with Crippen LogP contribution >= 0.6 is 0 Å². The summed E-state index contributed by atoms with van der Waals surface area (Å²) in [4.78, 5) is 39.8. The molecule has 1 atom stereocenters. The number of hydrogen-bond acceptors (Lipinski definition) is 5. The first-order valence-electron chi connectivity index (χ1n) is 12.1. The number of Topliss-reactive ketones (excluding diaryl/α,β-unsaturated/α-hetero) is 1. The monoisotopic (exact) mass is 528 g/mol. The molecule has 0 saturated heterocycles. The number of aromatic nitrogens is 1. The van der Waals surface area contributed by atoms with Gasteiger partial charge >= 0.3 is 0 Å². The van der Waals surface area contributed by atoms with Gasteiger partial charge in [0.2, 0.25) is 5.91 Å². The Morgan fingerprint density at radius 3 is 2.38 bits per heavy atom. The Labute approximate surface area is 214 Å². The molecule has 196 valence electrons. The standard InChI is InChI=1S/C27H30F2N2O5Si/c1-35-15-16-5-6-20-18(9-16)7-8-31(25(34)14-19-13-24(33)30-36-19)26(20)23(32)12-17-10-21(28)27(22(29)11-17)37(2,3)4/h5-6,9-11,13,26H,7-8,12,14-15H2,1-4H3,(H,30,33)/t26-/m1/s1. The van der Waals surface area contributed by atoms with Crippen LogP contribution in [-0.4, -0.2) is 43.5 Å². The molecule has 0 spiro atoms. The second-order valence-corrected chi connectivity index (χ2v) is 15.4. The Hall–Kier alpha value is -3.37. The van der Waals surface area contributed by atoms with Crippen molar-refractivity contribution in [1.29, 1.82) is 0 Å². The van der Waals surface area contributed by atoms with Gasteiger partial charge in [0.1, 0.15) is 23.4 Å². The van der Waals surface area contributed by atoms with Crippen molar-refractivity contribution in [2.24, 2.45) is 0 Å². The lowest BCUT2D eigenvalue weighted by Crippen LogP contribution is -2.45. The third kappa shape index (κ3) is 5.80. The van der Waals surface area contributed by atoms with Gasteiger partial charge in [-0.3, -0.25) is 14.4 Å². The van der Waals surface area contributed by atoms with Crippen LogP contribution in [0.5, 0.6) is 0 Å². The predicted octanol–water partition coefficient (Wildman–Crippen LogP) is 3.42. The highest BCUT2D eigenvalue weighted by Gasteiger charge is 2.36. The summed E-state index contributed by atoms with van der Waals surface area (Å²) in [7, 11) is -0.676. The third-order valence-electron chi connectivity index (χ3n) is 6.50. The summed E-state index contributed by atoms with van der Waals surface area (Å²) in [5.41, 5.74) is 2.27. The fourth-order valence-electron chi connectivity index (χ4n) is 4.95. The minimum Gasteiger partial charge on any atom is -0.383 e. The van der Waals surface area contributed by atoms with Crippen molar-refractivity contribution in [3.63, 3.8) is 0 Å². The molecule has 0 fully saturated rings. The summed E-state index contributed by atoms with van der Waals surface area (Å²) in [6.07, 6.45) is 0.0776. The largest absolute Gasteiger partial charge is 0.383 e. The number of benzene rings is 2. The number of nitrogens with zero attached hydrogens (tertiary/aromatic N) is 1. The van der Waals surface area contributed by atoms with Gasteiger partial charge in [-0.05, 0) is 40.8 Å². The number of rotatable bonds is 8. The molecule has 3 aromatic rings. The zero-order chi connectivity index (χ0) is 26.9. The predicted molar refractivity (Wildman–Crippen MR) is 136 cm³/mol. The lowest BCUT2D eigenvalue weighted by atomic mass is 9.86. The summed E-state index contributed by atoms with van der Waals surface area (Å²) in [5.74, 6) is -1.88. The van der Waals surface area contributed by atoms with Crippen LogP contribution < -0.4 is 10.7 Å². The number of nitrogens with one attached hydrogen (secondary N) is 1. The molecule has 0 aliphatic carbocycles. The maximum Gasteiger partial charge on any atom is 0.280 e. The number of H-pyrrole nitrogens is 1. The van der Waals surface area contributed by atoms with Crippen molar-refractivity contribution >= 4 is 25.0 Å². The van der Waals surface area contributed by atoms with Crippen molar-refractivity contribution < 1.29 is 27.6 Å². The molecule has 1 amide bonds. The number of ether oxygens (including phenoxy) is 1. The first-order valence-corrected chi connectivity index (χ1v) is 15.6. The molecule has 4 rings (SSSR count). The molecular weight excluding hydrogens is 498 g/mol. The molecular formula is C27H30F2N2O5Si. The first-order chi connectivity index (χ1) is 17.5. The van der Waals surface area contributed by atoms with E-state index in [2.05, 4.69) is 5.16 Å². The fourth-order valence-corrected chi connectivity index (χ4v) is 6.53. The molecule has 37 heavy (non-hydrogen) atoms. The van der Waals surface area contributed by atoms with Gasteiger partial charge in [0.05, 0.1) is 21.1 Å². The van der Waals surface area contributed by atoms with Gasteiger partial charge in [-0.2, -0.15) is 5.16 Å². The zero-order valence-corrected chi connectivity index (χ0v) is 22.3. The maximum absolute atomic E-state index is 14.9. The van der Waals surface area contributed by atoms with Crippen molar-refractivity contribution in [2.45, 2.75) is 51.6 Å². The van der Waals surface area contributed by atoms with E-state index in [4.69, 9.17) is 9.26 Å². The van der Waals surface area contributed by atoms with E-state index in [1.807, 2.05) is 31.8 Å². The Balaban J connectivity index is 1.68. The van der Waals surface area contributed by atoms with Gasteiger partial charge in [0, 0.05) is 31.3 Å². The van der Waals surface area contributed by atoms with Gasteiger partial charge in [0.15, 0.2) is 5.78 Å². The number of ketones is 1. The van der Waals surface area contributed by atoms with Crippen LogP contribution in [0.2, 0.25) is 19.6 Å². The number of fused-ring (bicyclic) bond motifs is 1. The third-order valence-corrected chi connectivity index (χ3v) is 8.48. The zero-order valence-electron chi connectivity index (χ0n) is 21.3. The number of halogens is 2. The van der Waals surface area contributed by atoms with E-state index in [-0.39, 0.29) is 47.6 Å². The van der Waals surface area contributed by atoms with Gasteiger partial charge in [-0.25, -0.2) is 8.78 Å². The summed E-state index contributed by atoms with van der Waals surface area (Å²) in [6, 6.07) is 8.29. The van der Waals surface area contributed by atoms with Gasteiger partial charge < -0.3 is 14.2 Å². The van der Waals surface area contributed by atoms with E-state index in [1.54, 1.807) is 13.2 Å². The summed E-state index contributed by atoms with van der Waals surface area (Å²) in [6.45, 7) is 6.23. The molecule has 1 aliphatic rings. The Morgan fingerprint density at radius 1 is 1.08 bits per heavy atom. The molecule has 10 heteroatoms. The van der Waals surface area contributed by atoms with Gasteiger partial charge in [-0.1, -0.05) is 37.8 Å². The Kier molecular flexibility index (Phi) is 7.61. The van der Waals surface area contributed by atoms with E-state index in [1.165, 1.54) is 23.1 Å². The number of carbonyl (C=O) groups is 2. The lowest BCUT2D eigenvalue weighted by Gasteiger charge is -2.37. The number of carbonyl (C=O) groups excluding carboxylic acids is 2. The van der Waals surface area contributed by atoms with Crippen LogP contribution in [0.15, 0.2) is 45.7 Å². The quantitative estimate of drug-likeness (QED) is 0.453. The molecule has 2 heterocycles. The van der Waals surface area contributed by atoms with Crippen molar-refractivity contribution in [3.8, 4) is 0 Å². The molecule has 0 unspecified atom stereocenters. The maximum atomic E-state index is 14.9. The van der Waals surface area contributed by atoms with Crippen LogP contribution in [0.1, 0.15) is 34.1 Å². The highest BCUT2D eigenvalue weighted by Crippen LogP contribution is 2.33. The second-order valence-electron chi connectivity index (χ2n) is 10.4. The van der Waals surface area contributed by atoms with E-state index < -0.39 is 31.3 Å². The average molecular weight is 529 g/mol. The SMILES string of the molecule is COCc1ccc2c(c1)CCN(C(=O)Cc1cc(=O)[nH]o1)[C@H]2C(=O)Cc1cc(F)c([Si](C)(C)C)c(F)c1. The lowest BCUT2D eigenvalue weighted by molar-refractivity contribution is -0.140. The highest BCUT2D eigenvalue weighted by molar-refractivity contribution is 6.88. The molecule has 1 N–H and O–H groups in total. The molecule has 0 bridgehead atoms. The van der Waals surface area contributed by atoms with E-state index >= 15 is 0 Å². The number of methoxy groups -OCH3 is 1. The first kappa shape index (κ1) is 26.7. The fraction of sp³-hybridized carbons (Fsp3) is 0.370. The molecule has 7 nitrogen and oxygen atoms in total.